The van der Waals surface area contributed by atoms with Crippen molar-refractivity contribution in [1.29, 1.82) is 0 Å². The summed E-state index contributed by atoms with van der Waals surface area (Å²) in [6, 6.07) is 0. The Balaban J connectivity index is 3.97. The molecule has 8 nitrogen and oxygen atoms in total. The monoisotopic (exact) mass is 645 g/mol. The maximum absolute atomic E-state index is 12.4. The van der Waals surface area contributed by atoms with Gasteiger partial charge in [-0.2, -0.15) is 0 Å². The lowest BCUT2D eigenvalue weighted by Crippen LogP contribution is -2.28. The summed E-state index contributed by atoms with van der Waals surface area (Å²) >= 11 is 0. The van der Waals surface area contributed by atoms with Gasteiger partial charge in [-0.15, -0.1) is 0 Å². The number of nitrogens with two attached hydrogens (primary N) is 1. The van der Waals surface area contributed by atoms with Crippen LogP contribution in [-0.2, 0) is 27.9 Å². The van der Waals surface area contributed by atoms with Crippen molar-refractivity contribution in [3.05, 3.63) is 24.3 Å². The van der Waals surface area contributed by atoms with Crippen molar-refractivity contribution in [2.75, 3.05) is 33.0 Å². The van der Waals surface area contributed by atoms with Crippen molar-refractivity contribution < 1.29 is 32.8 Å². The van der Waals surface area contributed by atoms with Crippen LogP contribution in [0.4, 0.5) is 0 Å². The summed E-state index contributed by atoms with van der Waals surface area (Å²) in [6.45, 7) is 4.84. The standard InChI is InChI=1S/C35H68NO7P/c1-3-5-7-9-11-12-13-14-15-16-17-18-19-20-21-22-23-24-26-28-35(37)43-34(33-42-44(38,39)41-31-29-36)32-40-30-27-25-10-8-6-4-2/h11-12,14-15,34H,3-10,13,16-33,36H2,1-2H3,(H,38,39)/b12-11-,15-14-. The van der Waals surface area contributed by atoms with E-state index in [0.717, 1.165) is 38.5 Å². The number of hydrogen-bond donors (Lipinski definition) is 2. The number of hydrogen-bond acceptors (Lipinski definition) is 7. The zero-order valence-electron chi connectivity index (χ0n) is 28.4. The lowest BCUT2D eigenvalue weighted by molar-refractivity contribution is -0.154. The Labute approximate surface area is 270 Å². The number of esters is 1. The maximum Gasteiger partial charge on any atom is 0.472 e. The van der Waals surface area contributed by atoms with Crippen LogP contribution in [0.5, 0.6) is 0 Å². The van der Waals surface area contributed by atoms with Crippen LogP contribution in [0.15, 0.2) is 24.3 Å². The zero-order chi connectivity index (χ0) is 32.4. The smallest absolute Gasteiger partial charge is 0.457 e. The SMILES string of the molecule is CCCCC/C=C\C/C=C\CCCCCCCCCCCC(=O)OC(COCCCCCCCC)COP(=O)(O)OCCN. The topological polar surface area (TPSA) is 117 Å². The Morgan fingerprint density at radius 1 is 0.682 bits per heavy atom. The van der Waals surface area contributed by atoms with E-state index in [1.807, 2.05) is 0 Å². The summed E-state index contributed by atoms with van der Waals surface area (Å²) in [5, 5.41) is 0. The molecule has 44 heavy (non-hydrogen) atoms. The number of carbonyl (C=O) groups excluding carboxylic acids is 1. The van der Waals surface area contributed by atoms with E-state index in [1.165, 1.54) is 96.3 Å². The number of carbonyl (C=O) groups is 1. The first-order chi connectivity index (χ1) is 21.4. The Morgan fingerprint density at radius 2 is 1.20 bits per heavy atom. The number of rotatable bonds is 34. The molecule has 0 saturated heterocycles. The van der Waals surface area contributed by atoms with Crippen LogP contribution in [0.3, 0.4) is 0 Å². The van der Waals surface area contributed by atoms with Crippen molar-refractivity contribution >= 4 is 13.8 Å². The lowest BCUT2D eigenvalue weighted by Gasteiger charge is -2.20. The van der Waals surface area contributed by atoms with E-state index in [2.05, 4.69) is 38.2 Å². The van der Waals surface area contributed by atoms with Gasteiger partial charge < -0.3 is 20.1 Å². The average molecular weight is 646 g/mol. The van der Waals surface area contributed by atoms with Crippen LogP contribution in [0.2, 0.25) is 0 Å². The molecule has 2 atom stereocenters. The molecular weight excluding hydrogens is 577 g/mol. The van der Waals surface area contributed by atoms with Gasteiger partial charge in [-0.1, -0.05) is 128 Å². The summed E-state index contributed by atoms with van der Waals surface area (Å²) in [5.41, 5.74) is 5.33. The molecule has 0 aliphatic heterocycles. The second kappa shape index (κ2) is 33.3. The highest BCUT2D eigenvalue weighted by Crippen LogP contribution is 2.43. The molecule has 0 heterocycles. The summed E-state index contributed by atoms with van der Waals surface area (Å²) in [4.78, 5) is 22.2. The fourth-order valence-electron chi connectivity index (χ4n) is 4.73. The third-order valence-corrected chi connectivity index (χ3v) is 8.36. The van der Waals surface area contributed by atoms with E-state index in [9.17, 15) is 14.3 Å². The van der Waals surface area contributed by atoms with Gasteiger partial charge in [0.25, 0.3) is 0 Å². The third-order valence-electron chi connectivity index (χ3n) is 7.37. The van der Waals surface area contributed by atoms with Crippen molar-refractivity contribution in [3.8, 4) is 0 Å². The highest BCUT2D eigenvalue weighted by atomic mass is 31.2. The van der Waals surface area contributed by atoms with E-state index in [-0.39, 0.29) is 32.3 Å². The van der Waals surface area contributed by atoms with Gasteiger partial charge in [0.2, 0.25) is 0 Å². The number of unbranched alkanes of at least 4 members (excludes halogenated alkanes) is 17. The molecule has 0 bridgehead atoms. The summed E-state index contributed by atoms with van der Waals surface area (Å²) < 4.78 is 33.0. The van der Waals surface area contributed by atoms with Crippen molar-refractivity contribution in [2.24, 2.45) is 5.73 Å². The van der Waals surface area contributed by atoms with Crippen LogP contribution < -0.4 is 5.73 Å². The molecule has 0 rings (SSSR count). The number of phosphoric ester groups is 1. The first-order valence-electron chi connectivity index (χ1n) is 17.8. The van der Waals surface area contributed by atoms with Gasteiger partial charge in [0.1, 0.15) is 6.10 Å². The Morgan fingerprint density at radius 3 is 1.82 bits per heavy atom. The molecule has 0 saturated carbocycles. The molecule has 0 spiro atoms. The molecule has 0 aromatic heterocycles. The van der Waals surface area contributed by atoms with E-state index >= 15 is 0 Å². The van der Waals surface area contributed by atoms with Gasteiger partial charge in [-0.3, -0.25) is 13.8 Å². The summed E-state index contributed by atoms with van der Waals surface area (Å²) in [5.74, 6) is -0.338. The van der Waals surface area contributed by atoms with Crippen LogP contribution in [0.25, 0.3) is 0 Å². The normalized spacial score (nSPS) is 14.0. The van der Waals surface area contributed by atoms with Crippen LogP contribution >= 0.6 is 7.82 Å². The van der Waals surface area contributed by atoms with E-state index < -0.39 is 13.9 Å². The highest BCUT2D eigenvalue weighted by molar-refractivity contribution is 7.47. The van der Waals surface area contributed by atoms with Crippen LogP contribution in [0.1, 0.15) is 155 Å². The number of ether oxygens (including phenoxy) is 2. The zero-order valence-corrected chi connectivity index (χ0v) is 29.3. The van der Waals surface area contributed by atoms with Gasteiger partial charge in [0.05, 0.1) is 19.8 Å². The quantitative estimate of drug-likeness (QED) is 0.0307. The molecule has 3 N–H and O–H groups in total. The van der Waals surface area contributed by atoms with Gasteiger partial charge >= 0.3 is 13.8 Å². The second-order valence-electron chi connectivity index (χ2n) is 11.7. The first-order valence-corrected chi connectivity index (χ1v) is 19.3. The van der Waals surface area contributed by atoms with Crippen molar-refractivity contribution in [2.45, 2.75) is 161 Å². The van der Waals surface area contributed by atoms with Crippen LogP contribution in [-0.4, -0.2) is 49.9 Å². The van der Waals surface area contributed by atoms with E-state index in [0.29, 0.717) is 13.0 Å². The average Bonchev–Trinajstić information content (AvgIpc) is 3.01. The molecule has 0 aliphatic rings. The first kappa shape index (κ1) is 43.0. The molecule has 0 aromatic rings. The third kappa shape index (κ3) is 32.4. The second-order valence-corrected chi connectivity index (χ2v) is 13.2. The molecule has 0 amide bonds. The van der Waals surface area contributed by atoms with Gasteiger partial charge in [-0.05, 0) is 44.9 Å². The van der Waals surface area contributed by atoms with Crippen molar-refractivity contribution in [1.82, 2.24) is 0 Å². The predicted molar refractivity (Wildman–Crippen MR) is 183 cm³/mol. The Hall–Kier alpha value is -1.02. The Kier molecular flexibility index (Phi) is 32.6. The molecule has 2 unspecified atom stereocenters. The minimum atomic E-state index is -4.26. The molecule has 0 aromatic carbocycles. The number of allylic oxidation sites excluding steroid dienone is 4. The molecule has 260 valence electrons. The van der Waals surface area contributed by atoms with Gasteiger partial charge in [-0.25, -0.2) is 4.57 Å². The molecule has 9 heteroatoms. The highest BCUT2D eigenvalue weighted by Gasteiger charge is 2.25. The fraction of sp³-hybridized carbons (Fsp3) is 0.857. The maximum atomic E-state index is 12.4. The molecule has 0 fully saturated rings. The van der Waals surface area contributed by atoms with Gasteiger partial charge in [0.15, 0.2) is 0 Å². The van der Waals surface area contributed by atoms with Gasteiger partial charge in [0, 0.05) is 19.6 Å². The minimum absolute atomic E-state index is 0.0953. The largest absolute Gasteiger partial charge is 0.472 e. The lowest BCUT2D eigenvalue weighted by atomic mass is 10.1. The fourth-order valence-corrected chi connectivity index (χ4v) is 5.50. The minimum Gasteiger partial charge on any atom is -0.457 e. The van der Waals surface area contributed by atoms with E-state index in [1.54, 1.807) is 0 Å². The van der Waals surface area contributed by atoms with Crippen LogP contribution in [0, 0.1) is 0 Å². The molecular formula is C35H68NO7P. The Bertz CT molecular complexity index is 732. The summed E-state index contributed by atoms with van der Waals surface area (Å²) in [6.07, 6.45) is 33.5. The summed E-state index contributed by atoms with van der Waals surface area (Å²) in [7, 11) is -4.26. The predicted octanol–water partition coefficient (Wildman–Crippen LogP) is 9.74. The van der Waals surface area contributed by atoms with Crippen molar-refractivity contribution in [3.63, 3.8) is 0 Å². The molecule has 0 radical (unpaired) electrons. The van der Waals surface area contributed by atoms with E-state index in [4.69, 9.17) is 24.3 Å². The number of phosphoric acid groups is 1. The molecule has 0 aliphatic carbocycles.